The lowest BCUT2D eigenvalue weighted by atomic mass is 9.88. The molecular formula is C31H32N4O5. The van der Waals surface area contributed by atoms with E-state index in [1.54, 1.807) is 6.07 Å². The lowest BCUT2D eigenvalue weighted by Crippen LogP contribution is -2.35. The highest BCUT2D eigenvalue weighted by Gasteiger charge is 2.30. The Hall–Kier alpha value is -3.95. The first-order valence-electron chi connectivity index (χ1n) is 14.0. The van der Waals surface area contributed by atoms with Crippen LogP contribution in [0.15, 0.2) is 60.7 Å². The fourth-order valence-electron chi connectivity index (χ4n) is 5.99. The summed E-state index contributed by atoms with van der Waals surface area (Å²) in [5.74, 6) is 1.96. The van der Waals surface area contributed by atoms with Crippen LogP contribution in [0.2, 0.25) is 0 Å². The van der Waals surface area contributed by atoms with Crippen molar-refractivity contribution in [3.63, 3.8) is 0 Å². The maximum atomic E-state index is 11.5. The van der Waals surface area contributed by atoms with E-state index in [4.69, 9.17) is 19.2 Å². The second-order valence-corrected chi connectivity index (χ2v) is 10.8. The van der Waals surface area contributed by atoms with Crippen molar-refractivity contribution in [2.75, 3.05) is 26.3 Å². The number of carbonyl (C=O) groups is 1. The molecule has 0 saturated carbocycles. The predicted octanol–water partition coefficient (Wildman–Crippen LogP) is 4.81. The Morgan fingerprint density at radius 1 is 0.975 bits per heavy atom. The van der Waals surface area contributed by atoms with Gasteiger partial charge in [-0.3, -0.25) is 4.90 Å². The van der Waals surface area contributed by atoms with Gasteiger partial charge in [-0.2, -0.15) is 0 Å². The molecule has 2 aromatic carbocycles. The molecule has 206 valence electrons. The standard InChI is InChI=1S/C31H32N4O5/c36-31(37)25-10-9-24-30(33-25)35(17-22-13-16-38-22)28(32-24)18-34-14-11-20(12-15-34)23-7-4-8-26-29(23)39-19-27(40-26)21-5-2-1-3-6-21/h1-10,20,22,27H,11-19H2,(H,36,37). The average Bonchev–Trinajstić information content (AvgIpc) is 3.31. The van der Waals surface area contributed by atoms with Crippen molar-refractivity contribution < 1.29 is 24.1 Å². The molecule has 9 nitrogen and oxygen atoms in total. The van der Waals surface area contributed by atoms with Crippen molar-refractivity contribution in [1.82, 2.24) is 19.4 Å². The Morgan fingerprint density at radius 2 is 1.80 bits per heavy atom. The van der Waals surface area contributed by atoms with Gasteiger partial charge in [0.05, 0.1) is 19.2 Å². The van der Waals surface area contributed by atoms with Gasteiger partial charge in [-0.05, 0) is 62.0 Å². The Morgan fingerprint density at radius 3 is 2.55 bits per heavy atom. The average molecular weight is 541 g/mol. The lowest BCUT2D eigenvalue weighted by molar-refractivity contribution is -0.0593. The molecule has 2 unspecified atom stereocenters. The minimum Gasteiger partial charge on any atom is -0.485 e. The number of carboxylic acid groups (broad SMARTS) is 1. The highest BCUT2D eigenvalue weighted by Crippen LogP contribution is 2.44. The molecule has 9 heteroatoms. The molecule has 2 saturated heterocycles. The van der Waals surface area contributed by atoms with Crippen molar-refractivity contribution >= 4 is 17.1 Å². The van der Waals surface area contributed by atoms with Gasteiger partial charge in [0, 0.05) is 12.2 Å². The number of benzene rings is 2. The number of para-hydroxylation sites is 1. The predicted molar refractivity (Wildman–Crippen MR) is 148 cm³/mol. The number of likely N-dealkylation sites (tertiary alicyclic amines) is 1. The molecule has 0 bridgehead atoms. The number of aromatic carboxylic acids is 1. The van der Waals surface area contributed by atoms with Crippen LogP contribution in [0.5, 0.6) is 11.5 Å². The number of ether oxygens (including phenoxy) is 3. The monoisotopic (exact) mass is 540 g/mol. The Bertz CT molecular complexity index is 1530. The van der Waals surface area contributed by atoms with Crippen LogP contribution in [-0.4, -0.2) is 62.9 Å². The summed E-state index contributed by atoms with van der Waals surface area (Å²) in [6, 6.07) is 19.7. The molecule has 0 radical (unpaired) electrons. The van der Waals surface area contributed by atoms with Gasteiger partial charge in [0.1, 0.15) is 17.9 Å². The van der Waals surface area contributed by atoms with Crippen LogP contribution in [0.3, 0.4) is 0 Å². The van der Waals surface area contributed by atoms with Gasteiger partial charge >= 0.3 is 5.97 Å². The van der Waals surface area contributed by atoms with E-state index in [2.05, 4.69) is 38.7 Å². The smallest absolute Gasteiger partial charge is 0.354 e. The van der Waals surface area contributed by atoms with E-state index < -0.39 is 5.97 Å². The SMILES string of the molecule is O=C(O)c1ccc2nc(CN3CCC(c4cccc5c4OCC(c4ccccc4)O5)CC3)n(CC3CCO3)c2n1. The van der Waals surface area contributed by atoms with Crippen LogP contribution in [0.1, 0.15) is 58.7 Å². The molecule has 4 aromatic rings. The van der Waals surface area contributed by atoms with E-state index in [1.807, 2.05) is 24.3 Å². The van der Waals surface area contributed by atoms with E-state index in [0.717, 1.165) is 67.4 Å². The van der Waals surface area contributed by atoms with Gasteiger partial charge < -0.3 is 23.9 Å². The molecule has 2 aromatic heterocycles. The summed E-state index contributed by atoms with van der Waals surface area (Å²) in [6.45, 7) is 4.45. The van der Waals surface area contributed by atoms with E-state index in [0.29, 0.717) is 31.3 Å². The van der Waals surface area contributed by atoms with E-state index >= 15 is 0 Å². The molecule has 7 rings (SSSR count). The first kappa shape index (κ1) is 25.0. The summed E-state index contributed by atoms with van der Waals surface area (Å²) in [5, 5.41) is 9.46. The molecule has 1 N–H and O–H groups in total. The number of nitrogens with zero attached hydrogens (tertiary/aromatic N) is 4. The topological polar surface area (TPSA) is 98.9 Å². The molecular weight excluding hydrogens is 508 g/mol. The molecule has 5 heterocycles. The Kier molecular flexibility index (Phi) is 6.61. The number of piperidine rings is 1. The molecule has 0 amide bonds. The van der Waals surface area contributed by atoms with Gasteiger partial charge in [-0.25, -0.2) is 14.8 Å². The maximum Gasteiger partial charge on any atom is 0.354 e. The highest BCUT2D eigenvalue weighted by molar-refractivity contribution is 5.88. The van der Waals surface area contributed by atoms with Crippen LogP contribution in [0.4, 0.5) is 0 Å². The van der Waals surface area contributed by atoms with E-state index in [9.17, 15) is 9.90 Å². The third kappa shape index (κ3) is 4.80. The fraction of sp³-hybridized carbons (Fsp3) is 0.387. The molecule has 40 heavy (non-hydrogen) atoms. The van der Waals surface area contributed by atoms with Crippen LogP contribution >= 0.6 is 0 Å². The second-order valence-electron chi connectivity index (χ2n) is 10.8. The molecule has 2 fully saturated rings. The zero-order chi connectivity index (χ0) is 27.1. The minimum atomic E-state index is -1.04. The number of pyridine rings is 1. The molecule has 0 aliphatic carbocycles. The first-order valence-corrected chi connectivity index (χ1v) is 14.0. The number of aromatic nitrogens is 3. The zero-order valence-electron chi connectivity index (χ0n) is 22.2. The summed E-state index contributed by atoms with van der Waals surface area (Å²) in [7, 11) is 0. The van der Waals surface area contributed by atoms with Gasteiger partial charge in [-0.15, -0.1) is 0 Å². The molecule has 3 aliphatic rings. The Labute approximate surface area is 232 Å². The molecule has 3 aliphatic heterocycles. The van der Waals surface area contributed by atoms with Crippen molar-refractivity contribution in [3.8, 4) is 11.5 Å². The zero-order valence-corrected chi connectivity index (χ0v) is 22.2. The number of rotatable bonds is 7. The Balaban J connectivity index is 1.06. The first-order chi connectivity index (χ1) is 19.6. The van der Waals surface area contributed by atoms with Gasteiger partial charge in [0.25, 0.3) is 0 Å². The largest absolute Gasteiger partial charge is 0.485 e. The normalized spacial score (nSPS) is 21.3. The van der Waals surface area contributed by atoms with Crippen LogP contribution in [0.25, 0.3) is 11.2 Å². The van der Waals surface area contributed by atoms with Crippen molar-refractivity contribution in [2.24, 2.45) is 0 Å². The number of imidazole rings is 1. The summed E-state index contributed by atoms with van der Waals surface area (Å²) in [4.78, 5) is 23.2. The number of carboxylic acids is 1. The van der Waals surface area contributed by atoms with E-state index in [1.165, 1.54) is 11.6 Å². The van der Waals surface area contributed by atoms with Crippen LogP contribution in [-0.2, 0) is 17.8 Å². The third-order valence-corrected chi connectivity index (χ3v) is 8.29. The summed E-state index contributed by atoms with van der Waals surface area (Å²) >= 11 is 0. The summed E-state index contributed by atoms with van der Waals surface area (Å²) in [5.41, 5.74) is 3.71. The van der Waals surface area contributed by atoms with Gasteiger partial charge in [-0.1, -0.05) is 42.5 Å². The van der Waals surface area contributed by atoms with E-state index in [-0.39, 0.29) is 17.9 Å². The van der Waals surface area contributed by atoms with Gasteiger partial charge in [0.15, 0.2) is 28.9 Å². The maximum absolute atomic E-state index is 11.5. The van der Waals surface area contributed by atoms with Crippen LogP contribution in [0, 0.1) is 0 Å². The lowest BCUT2D eigenvalue weighted by Gasteiger charge is -2.35. The van der Waals surface area contributed by atoms with Crippen LogP contribution < -0.4 is 9.47 Å². The highest BCUT2D eigenvalue weighted by atomic mass is 16.6. The van der Waals surface area contributed by atoms with Crippen molar-refractivity contribution in [3.05, 3.63) is 83.3 Å². The summed E-state index contributed by atoms with van der Waals surface area (Å²) < 4.78 is 20.4. The number of hydrogen-bond donors (Lipinski definition) is 1. The second kappa shape index (κ2) is 10.6. The van der Waals surface area contributed by atoms with Crippen molar-refractivity contribution in [2.45, 2.75) is 50.5 Å². The summed E-state index contributed by atoms with van der Waals surface area (Å²) in [6.07, 6.45) is 3.02. The number of hydrogen-bond acceptors (Lipinski definition) is 7. The quantitative estimate of drug-likeness (QED) is 0.357. The number of fused-ring (bicyclic) bond motifs is 2. The minimum absolute atomic E-state index is 0.0306. The molecule has 2 atom stereocenters. The third-order valence-electron chi connectivity index (χ3n) is 8.29. The molecule has 0 spiro atoms. The van der Waals surface area contributed by atoms with Crippen molar-refractivity contribution in [1.29, 1.82) is 0 Å². The fourth-order valence-corrected chi connectivity index (χ4v) is 5.99. The van der Waals surface area contributed by atoms with Gasteiger partial charge in [0.2, 0.25) is 0 Å².